The van der Waals surface area contributed by atoms with Crippen molar-refractivity contribution in [2.45, 2.75) is 51.7 Å². The monoisotopic (exact) mass is 533 g/mol. The molecule has 0 heterocycles. The molecule has 2 aliphatic rings. The average Bonchev–Trinajstić information content (AvgIpc) is 3.22. The maximum absolute atomic E-state index is 6.06. The third-order valence-electron chi connectivity index (χ3n) is 5.88. The number of fused-ring (bicyclic) bond motifs is 3. The number of halogens is 2. The van der Waals surface area contributed by atoms with E-state index in [1.165, 1.54) is 52.5 Å². The van der Waals surface area contributed by atoms with Crippen molar-refractivity contribution in [3.8, 4) is 11.1 Å². The molecule has 2 aromatic carbocycles. The molecular weight excluding hydrogens is 506 g/mol. The SMILES string of the molecule is CC1c2ccccc2-c2ccc(C3=C(CCCO[Si](C)(C)C)C=CC3)[c]([Zr+2])c21.[Cl-].[Cl-]. The molecule has 0 saturated carbocycles. The third-order valence-corrected chi connectivity index (χ3v) is 8.27. The van der Waals surface area contributed by atoms with Crippen LogP contribution in [0.1, 0.15) is 48.8 Å². The predicted molar refractivity (Wildman–Crippen MR) is 118 cm³/mol. The molecule has 5 heteroatoms. The first-order valence-electron chi connectivity index (χ1n) is 10.4. The van der Waals surface area contributed by atoms with Gasteiger partial charge in [0.15, 0.2) is 0 Å². The molecule has 0 radical (unpaired) electrons. The number of hydrogen-bond donors (Lipinski definition) is 0. The smallest absolute Gasteiger partial charge is 1.00 e. The molecule has 157 valence electrons. The molecule has 0 aromatic heterocycles. The molecule has 2 aliphatic carbocycles. The summed E-state index contributed by atoms with van der Waals surface area (Å²) in [7, 11) is -1.40. The standard InChI is InChI=1S/C25H29OSi.2ClH.Zr/c1-18-21-11-5-6-12-23(21)24-15-14-20(17-25(18)24)22-13-7-9-19(22)10-8-16-26-27(2,3)4;;;/h5-7,9,11-12,14-15,18H,8,10,13,16H2,1-4H3;2*1H;/q;;;+2/p-2. The Balaban J connectivity index is 0.00000160. The largest absolute Gasteiger partial charge is 1.00 e. The molecule has 30 heavy (non-hydrogen) atoms. The molecule has 1 nitrogen and oxygen atoms in total. The fraction of sp³-hybridized carbons (Fsp3) is 0.360. The van der Waals surface area contributed by atoms with Crippen molar-refractivity contribution in [1.82, 2.24) is 0 Å². The first-order valence-corrected chi connectivity index (χ1v) is 15.0. The molecule has 1 unspecified atom stereocenters. The molecule has 0 fully saturated rings. The number of rotatable bonds is 6. The Hall–Kier alpha value is -0.440. The van der Waals surface area contributed by atoms with Crippen LogP contribution in [0.4, 0.5) is 0 Å². The van der Waals surface area contributed by atoms with E-state index in [0.29, 0.717) is 5.92 Å². The van der Waals surface area contributed by atoms with Gasteiger partial charge in [0.2, 0.25) is 0 Å². The number of benzene rings is 2. The molecule has 0 aliphatic heterocycles. The van der Waals surface area contributed by atoms with Gasteiger partial charge in [-0.15, -0.1) is 0 Å². The minimum atomic E-state index is -1.40. The molecule has 0 bridgehead atoms. The van der Waals surface area contributed by atoms with Crippen molar-refractivity contribution >= 4 is 17.2 Å². The Morgan fingerprint density at radius 3 is 2.43 bits per heavy atom. The number of allylic oxidation sites excluding steroid dienone is 4. The van der Waals surface area contributed by atoms with Crippen LogP contribution in [0.3, 0.4) is 0 Å². The molecule has 4 rings (SSSR count). The van der Waals surface area contributed by atoms with Crippen molar-refractivity contribution in [2.24, 2.45) is 0 Å². The summed E-state index contributed by atoms with van der Waals surface area (Å²) in [5, 5.41) is 0. The fourth-order valence-electron chi connectivity index (χ4n) is 4.54. The van der Waals surface area contributed by atoms with Crippen LogP contribution >= 0.6 is 0 Å². The van der Waals surface area contributed by atoms with Crippen LogP contribution in [-0.2, 0) is 29.1 Å². The summed E-state index contributed by atoms with van der Waals surface area (Å²) in [5.74, 6) is 0.504. The zero-order valence-electron chi connectivity index (χ0n) is 18.2. The summed E-state index contributed by atoms with van der Waals surface area (Å²) >= 11 is 1.53. The Bertz CT molecular complexity index is 976. The van der Waals surface area contributed by atoms with Crippen LogP contribution in [0, 0.1) is 0 Å². The minimum Gasteiger partial charge on any atom is -1.00 e. The van der Waals surface area contributed by atoms with E-state index in [0.717, 1.165) is 25.9 Å². The van der Waals surface area contributed by atoms with E-state index >= 15 is 0 Å². The second kappa shape index (κ2) is 10.5. The molecular formula is C25H29Cl2OSiZr. The fourth-order valence-corrected chi connectivity index (χ4v) is 6.74. The van der Waals surface area contributed by atoms with Gasteiger partial charge in [-0.2, -0.15) is 0 Å². The van der Waals surface area contributed by atoms with Gasteiger partial charge >= 0.3 is 187 Å². The maximum atomic E-state index is 6.06. The van der Waals surface area contributed by atoms with E-state index in [9.17, 15) is 0 Å². The van der Waals surface area contributed by atoms with E-state index in [-0.39, 0.29) is 24.8 Å². The van der Waals surface area contributed by atoms with Gasteiger partial charge in [0.25, 0.3) is 0 Å². The van der Waals surface area contributed by atoms with Crippen LogP contribution in [0.15, 0.2) is 54.1 Å². The first kappa shape index (κ1) is 25.8. The van der Waals surface area contributed by atoms with Gasteiger partial charge in [0.05, 0.1) is 0 Å². The maximum Gasteiger partial charge on any atom is -1.00 e. The van der Waals surface area contributed by atoms with Gasteiger partial charge in [-0.3, -0.25) is 0 Å². The van der Waals surface area contributed by atoms with Crippen molar-refractivity contribution in [3.05, 3.63) is 70.8 Å². The second-order valence-corrected chi connectivity index (χ2v) is 14.7. The van der Waals surface area contributed by atoms with E-state index in [4.69, 9.17) is 4.43 Å². The van der Waals surface area contributed by atoms with Gasteiger partial charge in [0, 0.05) is 0 Å². The normalized spacial score (nSPS) is 16.8. The molecule has 0 N–H and O–H groups in total. The van der Waals surface area contributed by atoms with E-state index in [1.54, 1.807) is 14.4 Å². The van der Waals surface area contributed by atoms with Gasteiger partial charge in [-0.05, 0) is 0 Å². The van der Waals surface area contributed by atoms with E-state index in [1.807, 2.05) is 0 Å². The van der Waals surface area contributed by atoms with Crippen molar-refractivity contribution in [1.29, 1.82) is 0 Å². The van der Waals surface area contributed by atoms with Crippen molar-refractivity contribution in [2.75, 3.05) is 6.61 Å². The summed E-state index contributed by atoms with van der Waals surface area (Å²) in [6.07, 6.45) is 8.01. The zero-order valence-corrected chi connectivity index (χ0v) is 23.2. The topological polar surface area (TPSA) is 9.23 Å². The van der Waals surface area contributed by atoms with Crippen molar-refractivity contribution in [3.63, 3.8) is 0 Å². The summed E-state index contributed by atoms with van der Waals surface area (Å²) in [6.45, 7) is 10.1. The zero-order chi connectivity index (χ0) is 19.9. The Labute approximate surface area is 210 Å². The quantitative estimate of drug-likeness (QED) is 0.383. The molecule has 0 spiro atoms. The van der Waals surface area contributed by atoms with E-state index in [2.05, 4.69) is 75.1 Å². The Kier molecular flexibility index (Phi) is 8.99. The van der Waals surface area contributed by atoms with Gasteiger partial charge in [-0.25, -0.2) is 0 Å². The second-order valence-electron chi connectivity index (χ2n) is 8.93. The Morgan fingerprint density at radius 2 is 1.70 bits per heavy atom. The van der Waals surface area contributed by atoms with Crippen LogP contribution < -0.4 is 28.1 Å². The van der Waals surface area contributed by atoms with Crippen LogP contribution in [0.2, 0.25) is 19.6 Å². The summed E-state index contributed by atoms with van der Waals surface area (Å²) in [6, 6.07) is 13.7. The summed E-state index contributed by atoms with van der Waals surface area (Å²) in [4.78, 5) is 0. The van der Waals surface area contributed by atoms with Crippen molar-refractivity contribution < 1.29 is 54.0 Å². The third kappa shape index (κ3) is 5.13. The van der Waals surface area contributed by atoms with E-state index < -0.39 is 8.32 Å². The average molecular weight is 536 g/mol. The predicted octanol–water partition coefficient (Wildman–Crippen LogP) is 0.344. The van der Waals surface area contributed by atoms with Gasteiger partial charge in [-0.1, -0.05) is 0 Å². The molecule has 0 amide bonds. The molecule has 1 atom stereocenters. The van der Waals surface area contributed by atoms with Crippen LogP contribution in [0.25, 0.3) is 16.7 Å². The van der Waals surface area contributed by atoms with Gasteiger partial charge < -0.3 is 24.8 Å². The minimum absolute atomic E-state index is 0. The summed E-state index contributed by atoms with van der Waals surface area (Å²) in [5.41, 5.74) is 10.5. The molecule has 0 saturated heterocycles. The Morgan fingerprint density at radius 1 is 1.00 bits per heavy atom. The number of hydrogen-bond acceptors (Lipinski definition) is 1. The van der Waals surface area contributed by atoms with Gasteiger partial charge in [0.1, 0.15) is 0 Å². The molecule has 2 aromatic rings. The first-order chi connectivity index (χ1) is 13.4. The summed E-state index contributed by atoms with van der Waals surface area (Å²) < 4.78 is 7.62. The van der Waals surface area contributed by atoms with Crippen LogP contribution in [-0.4, -0.2) is 14.9 Å². The van der Waals surface area contributed by atoms with Crippen LogP contribution in [0.5, 0.6) is 0 Å².